The second-order valence-corrected chi connectivity index (χ2v) is 6.79. The molecule has 0 aromatic heterocycles. The van der Waals surface area contributed by atoms with Crippen LogP contribution in [0.2, 0.25) is 0 Å². The highest BCUT2D eigenvalue weighted by Crippen LogP contribution is 2.20. The predicted octanol–water partition coefficient (Wildman–Crippen LogP) is 3.59. The SMILES string of the molecule is CCN(CC)CCNC(=O)c1ccc(NC(=O)C(C)Oc2cccc(OC)c2)cc1.Cl. The highest BCUT2D eigenvalue weighted by molar-refractivity contribution is 5.96. The van der Waals surface area contributed by atoms with E-state index in [-0.39, 0.29) is 24.2 Å². The van der Waals surface area contributed by atoms with Crippen molar-refractivity contribution in [3.05, 3.63) is 54.1 Å². The van der Waals surface area contributed by atoms with E-state index in [4.69, 9.17) is 9.47 Å². The van der Waals surface area contributed by atoms with Gasteiger partial charge in [-0.15, -0.1) is 12.4 Å². The van der Waals surface area contributed by atoms with Crippen LogP contribution in [-0.2, 0) is 4.79 Å². The van der Waals surface area contributed by atoms with Gasteiger partial charge in [0.25, 0.3) is 11.8 Å². The summed E-state index contributed by atoms with van der Waals surface area (Å²) in [7, 11) is 1.57. The first-order valence-corrected chi connectivity index (χ1v) is 10.2. The van der Waals surface area contributed by atoms with Gasteiger partial charge in [0, 0.05) is 30.4 Å². The molecule has 0 bridgehead atoms. The number of rotatable bonds is 11. The highest BCUT2D eigenvalue weighted by atomic mass is 35.5. The van der Waals surface area contributed by atoms with Crippen molar-refractivity contribution >= 4 is 29.9 Å². The third-order valence-electron chi connectivity index (χ3n) is 4.75. The van der Waals surface area contributed by atoms with Gasteiger partial charge in [-0.3, -0.25) is 9.59 Å². The Morgan fingerprint density at radius 1 is 1.03 bits per heavy atom. The summed E-state index contributed by atoms with van der Waals surface area (Å²) < 4.78 is 10.8. The molecule has 0 aliphatic heterocycles. The van der Waals surface area contributed by atoms with Crippen molar-refractivity contribution in [2.75, 3.05) is 38.6 Å². The number of nitrogens with zero attached hydrogens (tertiary/aromatic N) is 1. The Morgan fingerprint density at radius 2 is 1.68 bits per heavy atom. The predicted molar refractivity (Wildman–Crippen MR) is 126 cm³/mol. The van der Waals surface area contributed by atoms with Gasteiger partial charge in [-0.1, -0.05) is 19.9 Å². The lowest BCUT2D eigenvalue weighted by atomic mass is 10.2. The molecule has 2 aromatic carbocycles. The monoisotopic (exact) mass is 449 g/mol. The zero-order chi connectivity index (χ0) is 21.9. The Hall–Kier alpha value is -2.77. The number of anilines is 1. The molecule has 170 valence electrons. The zero-order valence-corrected chi connectivity index (χ0v) is 19.3. The van der Waals surface area contributed by atoms with E-state index in [0.29, 0.717) is 29.3 Å². The van der Waals surface area contributed by atoms with Crippen molar-refractivity contribution in [1.29, 1.82) is 0 Å². The number of carbonyl (C=O) groups excluding carboxylic acids is 2. The zero-order valence-electron chi connectivity index (χ0n) is 18.5. The molecule has 2 amide bonds. The van der Waals surface area contributed by atoms with Crippen molar-refractivity contribution in [2.45, 2.75) is 26.9 Å². The number of hydrogen-bond donors (Lipinski definition) is 2. The van der Waals surface area contributed by atoms with Crippen LogP contribution in [0.5, 0.6) is 11.5 Å². The van der Waals surface area contributed by atoms with Crippen molar-refractivity contribution in [3.8, 4) is 11.5 Å². The summed E-state index contributed by atoms with van der Waals surface area (Å²) in [6.45, 7) is 9.20. The van der Waals surface area contributed by atoms with E-state index in [1.807, 2.05) is 0 Å². The van der Waals surface area contributed by atoms with Crippen molar-refractivity contribution in [3.63, 3.8) is 0 Å². The van der Waals surface area contributed by atoms with Crippen LogP contribution in [0.15, 0.2) is 48.5 Å². The minimum Gasteiger partial charge on any atom is -0.497 e. The highest BCUT2D eigenvalue weighted by Gasteiger charge is 2.15. The summed E-state index contributed by atoms with van der Waals surface area (Å²) in [5, 5.41) is 5.71. The maximum absolute atomic E-state index is 12.4. The van der Waals surface area contributed by atoms with Gasteiger partial charge in [-0.25, -0.2) is 0 Å². The van der Waals surface area contributed by atoms with Gasteiger partial charge in [-0.05, 0) is 56.4 Å². The van der Waals surface area contributed by atoms with Crippen molar-refractivity contribution < 1.29 is 19.1 Å². The number of nitrogens with one attached hydrogen (secondary N) is 2. The van der Waals surface area contributed by atoms with Gasteiger partial charge in [0.2, 0.25) is 0 Å². The topological polar surface area (TPSA) is 79.9 Å². The first kappa shape index (κ1) is 26.3. The fourth-order valence-electron chi connectivity index (χ4n) is 2.85. The fraction of sp³-hybridized carbons (Fsp3) is 0.391. The normalized spacial score (nSPS) is 11.3. The van der Waals surface area contributed by atoms with E-state index in [9.17, 15) is 9.59 Å². The van der Waals surface area contributed by atoms with Crippen LogP contribution in [-0.4, -0.2) is 56.1 Å². The van der Waals surface area contributed by atoms with Crippen LogP contribution in [0.3, 0.4) is 0 Å². The third-order valence-corrected chi connectivity index (χ3v) is 4.75. The van der Waals surface area contributed by atoms with E-state index >= 15 is 0 Å². The average Bonchev–Trinajstić information content (AvgIpc) is 2.77. The molecule has 0 radical (unpaired) electrons. The van der Waals surface area contributed by atoms with Crippen molar-refractivity contribution in [1.82, 2.24) is 10.2 Å². The number of benzene rings is 2. The third kappa shape index (κ3) is 8.47. The number of carbonyl (C=O) groups is 2. The van der Waals surface area contributed by atoms with Gasteiger partial charge in [0.05, 0.1) is 7.11 Å². The number of hydrogen-bond acceptors (Lipinski definition) is 5. The lowest BCUT2D eigenvalue weighted by Gasteiger charge is -2.18. The molecule has 8 heteroatoms. The molecule has 7 nitrogen and oxygen atoms in total. The number of halogens is 1. The molecule has 2 rings (SSSR count). The van der Waals surface area contributed by atoms with Gasteiger partial charge in [0.15, 0.2) is 6.10 Å². The van der Waals surface area contributed by atoms with Crippen LogP contribution >= 0.6 is 12.4 Å². The molecule has 0 heterocycles. The van der Waals surface area contributed by atoms with Crippen molar-refractivity contribution in [2.24, 2.45) is 0 Å². The van der Waals surface area contributed by atoms with E-state index in [1.54, 1.807) is 62.6 Å². The van der Waals surface area contributed by atoms with Gasteiger partial charge in [0.1, 0.15) is 11.5 Å². The lowest BCUT2D eigenvalue weighted by Crippen LogP contribution is -2.34. The molecular formula is C23H32ClN3O4. The molecule has 0 spiro atoms. The van der Waals surface area contributed by atoms with E-state index in [0.717, 1.165) is 19.6 Å². The van der Waals surface area contributed by atoms with Crippen LogP contribution < -0.4 is 20.1 Å². The maximum Gasteiger partial charge on any atom is 0.265 e. The minimum absolute atomic E-state index is 0. The molecule has 0 aliphatic carbocycles. The summed E-state index contributed by atoms with van der Waals surface area (Å²) in [4.78, 5) is 26.9. The van der Waals surface area contributed by atoms with Gasteiger partial charge < -0.3 is 25.0 Å². The Morgan fingerprint density at radius 3 is 2.29 bits per heavy atom. The van der Waals surface area contributed by atoms with Crippen LogP contribution in [0.4, 0.5) is 5.69 Å². The summed E-state index contributed by atoms with van der Waals surface area (Å²) in [5.41, 5.74) is 1.15. The van der Waals surface area contributed by atoms with Gasteiger partial charge in [-0.2, -0.15) is 0 Å². The maximum atomic E-state index is 12.4. The first-order valence-electron chi connectivity index (χ1n) is 10.2. The summed E-state index contributed by atoms with van der Waals surface area (Å²) >= 11 is 0. The van der Waals surface area contributed by atoms with E-state index in [1.165, 1.54) is 0 Å². The smallest absolute Gasteiger partial charge is 0.265 e. The molecule has 1 atom stereocenters. The first-order chi connectivity index (χ1) is 14.5. The summed E-state index contributed by atoms with van der Waals surface area (Å²) in [6, 6.07) is 13.9. The molecule has 0 fully saturated rings. The average molecular weight is 450 g/mol. The second-order valence-electron chi connectivity index (χ2n) is 6.79. The Balaban J connectivity index is 0.00000480. The second kappa shape index (κ2) is 13.5. The molecular weight excluding hydrogens is 418 g/mol. The van der Waals surface area contributed by atoms with Crippen LogP contribution in [0.1, 0.15) is 31.1 Å². The molecule has 31 heavy (non-hydrogen) atoms. The Labute approximate surface area is 190 Å². The van der Waals surface area contributed by atoms with E-state index in [2.05, 4.69) is 29.4 Å². The van der Waals surface area contributed by atoms with Gasteiger partial charge >= 0.3 is 0 Å². The number of amides is 2. The van der Waals surface area contributed by atoms with Crippen LogP contribution in [0.25, 0.3) is 0 Å². The summed E-state index contributed by atoms with van der Waals surface area (Å²) in [6.07, 6.45) is -0.694. The lowest BCUT2D eigenvalue weighted by molar-refractivity contribution is -0.122. The molecule has 2 aromatic rings. The molecule has 1 unspecified atom stereocenters. The Bertz CT molecular complexity index is 826. The molecule has 2 N–H and O–H groups in total. The summed E-state index contributed by atoms with van der Waals surface area (Å²) in [5.74, 6) is 0.795. The quantitative estimate of drug-likeness (QED) is 0.548. The molecule has 0 saturated carbocycles. The van der Waals surface area contributed by atoms with E-state index < -0.39 is 6.10 Å². The minimum atomic E-state index is -0.694. The molecule has 0 aliphatic rings. The fourth-order valence-corrected chi connectivity index (χ4v) is 2.85. The number of methoxy groups -OCH3 is 1. The Kier molecular flexibility index (Phi) is 11.5. The van der Waals surface area contributed by atoms with Crippen LogP contribution in [0, 0.1) is 0 Å². The largest absolute Gasteiger partial charge is 0.497 e. The molecule has 0 saturated heterocycles. The number of ether oxygens (including phenoxy) is 2. The standard InChI is InChI=1S/C23H31N3O4.ClH/c1-5-26(6-2)15-14-24-23(28)18-10-12-19(13-11-18)25-22(27)17(3)30-21-9-7-8-20(16-21)29-4;/h7-13,16-17H,5-6,14-15H2,1-4H3,(H,24,28)(H,25,27);1H. The number of likely N-dealkylation sites (N-methyl/N-ethyl adjacent to an activating group) is 1.